The minimum absolute atomic E-state index is 0.136. The standard InChI is InChI=1S/C13H13FN2O3/c1-8(2)16-7-9(6-15-16)19-12-10(13(17)18)4-3-5-11(12)14/h3-8H,1-2H3,(H,17,18). The summed E-state index contributed by atoms with van der Waals surface area (Å²) in [6.45, 7) is 3.87. The first-order valence-electron chi connectivity index (χ1n) is 5.73. The number of carboxylic acid groups (broad SMARTS) is 1. The van der Waals surface area contributed by atoms with E-state index in [0.29, 0.717) is 5.75 Å². The summed E-state index contributed by atoms with van der Waals surface area (Å²) in [6, 6.07) is 3.89. The fourth-order valence-corrected chi connectivity index (χ4v) is 1.55. The molecule has 0 radical (unpaired) electrons. The molecule has 0 saturated heterocycles. The lowest BCUT2D eigenvalue weighted by Gasteiger charge is -2.07. The molecule has 0 saturated carbocycles. The van der Waals surface area contributed by atoms with E-state index in [0.717, 1.165) is 6.07 Å². The molecule has 100 valence electrons. The summed E-state index contributed by atoms with van der Waals surface area (Å²) in [5.41, 5.74) is -0.225. The van der Waals surface area contributed by atoms with Gasteiger partial charge in [-0.2, -0.15) is 5.10 Å². The molecule has 1 heterocycles. The first-order valence-corrected chi connectivity index (χ1v) is 5.73. The van der Waals surface area contributed by atoms with E-state index in [1.807, 2.05) is 13.8 Å². The van der Waals surface area contributed by atoms with Gasteiger partial charge in [0.15, 0.2) is 17.3 Å². The van der Waals surface area contributed by atoms with Crippen LogP contribution in [-0.2, 0) is 0 Å². The van der Waals surface area contributed by atoms with Gasteiger partial charge in [-0.1, -0.05) is 6.07 Å². The largest absolute Gasteiger partial charge is 0.478 e. The Balaban J connectivity index is 2.34. The average Bonchev–Trinajstić information content (AvgIpc) is 2.80. The quantitative estimate of drug-likeness (QED) is 0.921. The lowest BCUT2D eigenvalue weighted by Crippen LogP contribution is -2.02. The molecule has 19 heavy (non-hydrogen) atoms. The zero-order valence-corrected chi connectivity index (χ0v) is 10.5. The van der Waals surface area contributed by atoms with Crippen LogP contribution in [0.15, 0.2) is 30.6 Å². The molecule has 0 unspecified atom stereocenters. The van der Waals surface area contributed by atoms with Gasteiger partial charge in [-0.05, 0) is 26.0 Å². The number of carbonyl (C=O) groups is 1. The van der Waals surface area contributed by atoms with Crippen molar-refractivity contribution in [3.05, 3.63) is 42.0 Å². The van der Waals surface area contributed by atoms with Crippen molar-refractivity contribution in [3.8, 4) is 11.5 Å². The van der Waals surface area contributed by atoms with Crippen molar-refractivity contribution in [3.63, 3.8) is 0 Å². The molecular formula is C13H13FN2O3. The van der Waals surface area contributed by atoms with Gasteiger partial charge in [0.05, 0.1) is 12.4 Å². The fraction of sp³-hybridized carbons (Fsp3) is 0.231. The minimum atomic E-state index is -1.24. The topological polar surface area (TPSA) is 64.3 Å². The number of para-hydroxylation sites is 1. The Bertz CT molecular complexity index is 608. The lowest BCUT2D eigenvalue weighted by atomic mass is 10.2. The molecule has 0 atom stereocenters. The number of benzene rings is 1. The number of ether oxygens (including phenoxy) is 1. The van der Waals surface area contributed by atoms with Crippen molar-refractivity contribution in [1.29, 1.82) is 0 Å². The highest BCUT2D eigenvalue weighted by Crippen LogP contribution is 2.28. The van der Waals surface area contributed by atoms with Crippen LogP contribution in [0.1, 0.15) is 30.2 Å². The fourth-order valence-electron chi connectivity index (χ4n) is 1.55. The van der Waals surface area contributed by atoms with Gasteiger partial charge >= 0.3 is 5.97 Å². The number of aromatic carboxylic acids is 1. The van der Waals surface area contributed by atoms with Crippen LogP contribution in [0.25, 0.3) is 0 Å². The van der Waals surface area contributed by atoms with Gasteiger partial charge in [-0.15, -0.1) is 0 Å². The predicted molar refractivity (Wildman–Crippen MR) is 66.0 cm³/mol. The third-order valence-electron chi connectivity index (χ3n) is 2.52. The molecule has 0 amide bonds. The van der Waals surface area contributed by atoms with Crippen LogP contribution >= 0.6 is 0 Å². The summed E-state index contributed by atoms with van der Waals surface area (Å²) in [5, 5.41) is 13.0. The highest BCUT2D eigenvalue weighted by Gasteiger charge is 2.17. The molecule has 2 rings (SSSR count). The van der Waals surface area contributed by atoms with Crippen molar-refractivity contribution >= 4 is 5.97 Å². The van der Waals surface area contributed by atoms with E-state index in [1.165, 1.54) is 18.3 Å². The molecule has 1 aromatic heterocycles. The third-order valence-corrected chi connectivity index (χ3v) is 2.52. The second kappa shape index (κ2) is 5.09. The number of hydrogen-bond acceptors (Lipinski definition) is 3. The third kappa shape index (κ3) is 2.73. The Morgan fingerprint density at radius 3 is 2.79 bits per heavy atom. The highest BCUT2D eigenvalue weighted by atomic mass is 19.1. The first kappa shape index (κ1) is 13.1. The smallest absolute Gasteiger partial charge is 0.339 e. The number of halogens is 1. The molecule has 6 heteroatoms. The normalized spacial score (nSPS) is 10.7. The van der Waals surface area contributed by atoms with Gasteiger partial charge in [-0.25, -0.2) is 9.18 Å². The van der Waals surface area contributed by atoms with E-state index in [1.54, 1.807) is 10.9 Å². The average molecular weight is 264 g/mol. The van der Waals surface area contributed by atoms with Gasteiger partial charge in [0.2, 0.25) is 0 Å². The van der Waals surface area contributed by atoms with Crippen LogP contribution in [0.3, 0.4) is 0 Å². The maximum absolute atomic E-state index is 13.6. The molecule has 0 bridgehead atoms. The number of aromatic nitrogens is 2. The number of carboxylic acids is 1. The summed E-state index contributed by atoms with van der Waals surface area (Å²) >= 11 is 0. The number of rotatable bonds is 4. The highest BCUT2D eigenvalue weighted by molar-refractivity contribution is 5.91. The Morgan fingerprint density at radius 2 is 2.21 bits per heavy atom. The summed E-state index contributed by atoms with van der Waals surface area (Å²) in [6.07, 6.45) is 3.00. The Labute approximate surface area is 109 Å². The van der Waals surface area contributed by atoms with Crippen LogP contribution in [0.4, 0.5) is 4.39 Å². The summed E-state index contributed by atoms with van der Waals surface area (Å²) in [4.78, 5) is 11.0. The molecule has 0 aliphatic heterocycles. The minimum Gasteiger partial charge on any atom is -0.478 e. The lowest BCUT2D eigenvalue weighted by molar-refractivity contribution is 0.0693. The summed E-state index contributed by atoms with van der Waals surface area (Å²) in [5.74, 6) is -1.98. The molecule has 1 N–H and O–H groups in total. The molecule has 0 spiro atoms. The SMILES string of the molecule is CC(C)n1cc(Oc2c(F)cccc2C(=O)O)cn1. The number of nitrogens with zero attached hydrogens (tertiary/aromatic N) is 2. The molecule has 0 aliphatic rings. The molecule has 5 nitrogen and oxygen atoms in total. The molecule has 0 aliphatic carbocycles. The monoisotopic (exact) mass is 264 g/mol. The predicted octanol–water partition coefficient (Wildman–Crippen LogP) is 3.09. The van der Waals surface area contributed by atoms with Crippen LogP contribution in [-0.4, -0.2) is 20.9 Å². The van der Waals surface area contributed by atoms with E-state index in [4.69, 9.17) is 9.84 Å². The van der Waals surface area contributed by atoms with Gasteiger partial charge in [0.1, 0.15) is 5.56 Å². The van der Waals surface area contributed by atoms with Gasteiger partial charge in [-0.3, -0.25) is 4.68 Å². The van der Waals surface area contributed by atoms with Crippen molar-refractivity contribution in [2.45, 2.75) is 19.9 Å². The molecule has 0 fully saturated rings. The first-order chi connectivity index (χ1) is 8.99. The second-order valence-corrected chi connectivity index (χ2v) is 4.27. The van der Waals surface area contributed by atoms with Crippen LogP contribution < -0.4 is 4.74 Å². The van der Waals surface area contributed by atoms with Crippen LogP contribution in [0.5, 0.6) is 11.5 Å². The van der Waals surface area contributed by atoms with Crippen molar-refractivity contribution in [1.82, 2.24) is 9.78 Å². The van der Waals surface area contributed by atoms with Gasteiger partial charge in [0, 0.05) is 6.04 Å². The molecule has 2 aromatic rings. The Hall–Kier alpha value is -2.37. The maximum atomic E-state index is 13.6. The van der Waals surface area contributed by atoms with Gasteiger partial charge in [0.25, 0.3) is 0 Å². The Morgan fingerprint density at radius 1 is 1.47 bits per heavy atom. The zero-order chi connectivity index (χ0) is 14.0. The van der Waals surface area contributed by atoms with E-state index >= 15 is 0 Å². The van der Waals surface area contributed by atoms with Crippen molar-refractivity contribution in [2.24, 2.45) is 0 Å². The van der Waals surface area contributed by atoms with E-state index < -0.39 is 11.8 Å². The Kier molecular flexibility index (Phi) is 3.50. The van der Waals surface area contributed by atoms with Gasteiger partial charge < -0.3 is 9.84 Å². The van der Waals surface area contributed by atoms with E-state index in [2.05, 4.69) is 5.10 Å². The number of hydrogen-bond donors (Lipinski definition) is 1. The van der Waals surface area contributed by atoms with Crippen molar-refractivity contribution < 1.29 is 19.0 Å². The second-order valence-electron chi connectivity index (χ2n) is 4.27. The molecule has 1 aromatic carbocycles. The van der Waals surface area contributed by atoms with Crippen molar-refractivity contribution in [2.75, 3.05) is 0 Å². The summed E-state index contributed by atoms with van der Waals surface area (Å²) in [7, 11) is 0. The van der Waals surface area contributed by atoms with E-state index in [-0.39, 0.29) is 17.4 Å². The maximum Gasteiger partial charge on any atom is 0.339 e. The summed E-state index contributed by atoms with van der Waals surface area (Å²) < 4.78 is 20.6. The molecular weight excluding hydrogens is 251 g/mol. The van der Waals surface area contributed by atoms with E-state index in [9.17, 15) is 9.18 Å². The zero-order valence-electron chi connectivity index (χ0n) is 10.5. The van der Waals surface area contributed by atoms with Crippen LogP contribution in [0, 0.1) is 5.82 Å². The van der Waals surface area contributed by atoms with Crippen LogP contribution in [0.2, 0.25) is 0 Å².